The highest BCUT2D eigenvalue weighted by Gasteiger charge is 2.14. The number of hydrogen-bond donors (Lipinski definition) is 2. The van der Waals surface area contributed by atoms with Crippen molar-refractivity contribution in [3.63, 3.8) is 0 Å². The Morgan fingerprint density at radius 2 is 2.00 bits per heavy atom. The zero-order valence-corrected chi connectivity index (χ0v) is 8.98. The molecule has 2 amide bonds. The Hall–Kier alpha value is -1.75. The summed E-state index contributed by atoms with van der Waals surface area (Å²) < 4.78 is 5.29. The fourth-order valence-electron chi connectivity index (χ4n) is 1.79. The topological polar surface area (TPSA) is 67.6 Å². The molecule has 5 heteroatoms. The molecule has 1 aromatic carbocycles. The van der Waals surface area contributed by atoms with Gasteiger partial charge in [0.2, 0.25) is 0 Å². The maximum absolute atomic E-state index is 10.9. The van der Waals surface area contributed by atoms with Gasteiger partial charge in [0.1, 0.15) is 0 Å². The van der Waals surface area contributed by atoms with Crippen LogP contribution in [0.4, 0.5) is 16.2 Å². The van der Waals surface area contributed by atoms with Crippen molar-refractivity contribution in [2.75, 3.05) is 36.5 Å². The summed E-state index contributed by atoms with van der Waals surface area (Å²) in [4.78, 5) is 13.0. The first-order chi connectivity index (χ1) is 7.77. The van der Waals surface area contributed by atoms with Crippen LogP contribution in [0.2, 0.25) is 0 Å². The van der Waals surface area contributed by atoms with Crippen molar-refractivity contribution in [2.45, 2.75) is 0 Å². The fraction of sp³-hybridized carbons (Fsp3) is 0.364. The highest BCUT2D eigenvalue weighted by Crippen LogP contribution is 2.25. The van der Waals surface area contributed by atoms with Gasteiger partial charge >= 0.3 is 6.03 Å². The molecular formula is C11H15N3O2. The van der Waals surface area contributed by atoms with Crippen LogP contribution in [0.1, 0.15) is 0 Å². The number of nitrogens with two attached hydrogens (primary N) is 1. The monoisotopic (exact) mass is 221 g/mol. The third-order valence-electron chi connectivity index (χ3n) is 2.51. The number of morpholine rings is 1. The largest absolute Gasteiger partial charge is 0.378 e. The molecule has 2 rings (SSSR count). The summed E-state index contributed by atoms with van der Waals surface area (Å²) >= 11 is 0. The average Bonchev–Trinajstić information content (AvgIpc) is 2.30. The van der Waals surface area contributed by atoms with Crippen molar-refractivity contribution in [3.8, 4) is 0 Å². The van der Waals surface area contributed by atoms with E-state index in [2.05, 4.69) is 10.2 Å². The van der Waals surface area contributed by atoms with Crippen molar-refractivity contribution < 1.29 is 9.53 Å². The summed E-state index contributed by atoms with van der Waals surface area (Å²) in [6.45, 7) is 3.09. The highest BCUT2D eigenvalue weighted by molar-refractivity contribution is 5.92. The second kappa shape index (κ2) is 4.85. The third-order valence-corrected chi connectivity index (χ3v) is 2.51. The Bertz CT molecular complexity index is 375. The molecule has 0 atom stereocenters. The van der Waals surface area contributed by atoms with Crippen molar-refractivity contribution in [2.24, 2.45) is 5.73 Å². The SMILES string of the molecule is NC(=O)Nc1ccccc1N1CCOCC1. The maximum Gasteiger partial charge on any atom is 0.316 e. The van der Waals surface area contributed by atoms with E-state index in [1.54, 1.807) is 0 Å². The highest BCUT2D eigenvalue weighted by atomic mass is 16.5. The van der Waals surface area contributed by atoms with Gasteiger partial charge in [-0.3, -0.25) is 0 Å². The number of anilines is 2. The molecule has 0 aromatic heterocycles. The lowest BCUT2D eigenvalue weighted by Gasteiger charge is -2.30. The second-order valence-corrected chi connectivity index (χ2v) is 3.61. The molecule has 0 saturated carbocycles. The van der Waals surface area contributed by atoms with Crippen LogP contribution in [0, 0.1) is 0 Å². The predicted molar refractivity (Wildman–Crippen MR) is 62.7 cm³/mol. The van der Waals surface area contributed by atoms with E-state index < -0.39 is 6.03 Å². The molecule has 0 radical (unpaired) electrons. The number of rotatable bonds is 2. The van der Waals surface area contributed by atoms with Crippen molar-refractivity contribution >= 4 is 17.4 Å². The van der Waals surface area contributed by atoms with E-state index in [0.29, 0.717) is 13.2 Å². The number of nitrogens with zero attached hydrogens (tertiary/aromatic N) is 1. The van der Waals surface area contributed by atoms with Crippen LogP contribution in [0.25, 0.3) is 0 Å². The molecule has 5 nitrogen and oxygen atoms in total. The van der Waals surface area contributed by atoms with Gasteiger partial charge in [0, 0.05) is 13.1 Å². The van der Waals surface area contributed by atoms with Crippen LogP contribution >= 0.6 is 0 Å². The normalized spacial score (nSPS) is 15.9. The zero-order valence-electron chi connectivity index (χ0n) is 8.98. The molecule has 1 aliphatic heterocycles. The molecule has 1 heterocycles. The van der Waals surface area contributed by atoms with E-state index >= 15 is 0 Å². The molecule has 0 unspecified atom stereocenters. The molecule has 1 aromatic rings. The first kappa shape index (κ1) is 10.8. The summed E-state index contributed by atoms with van der Waals surface area (Å²) in [6, 6.07) is 7.08. The summed E-state index contributed by atoms with van der Waals surface area (Å²) in [5.41, 5.74) is 6.87. The molecule has 1 saturated heterocycles. The Kier molecular flexibility index (Phi) is 3.26. The van der Waals surface area contributed by atoms with Crippen LogP contribution < -0.4 is 16.0 Å². The Balaban J connectivity index is 2.20. The van der Waals surface area contributed by atoms with Crippen molar-refractivity contribution in [1.29, 1.82) is 0 Å². The Morgan fingerprint density at radius 3 is 2.69 bits per heavy atom. The molecule has 3 N–H and O–H groups in total. The second-order valence-electron chi connectivity index (χ2n) is 3.61. The summed E-state index contributed by atoms with van der Waals surface area (Å²) in [6.07, 6.45) is 0. The van der Waals surface area contributed by atoms with Gasteiger partial charge in [-0.2, -0.15) is 0 Å². The third kappa shape index (κ3) is 2.43. The zero-order chi connectivity index (χ0) is 11.4. The molecule has 0 spiro atoms. The first-order valence-electron chi connectivity index (χ1n) is 5.25. The number of hydrogen-bond acceptors (Lipinski definition) is 3. The maximum atomic E-state index is 10.9. The standard InChI is InChI=1S/C11H15N3O2/c12-11(15)13-9-3-1-2-4-10(9)14-5-7-16-8-6-14/h1-4H,5-8H2,(H3,12,13,15). The Morgan fingerprint density at radius 1 is 1.31 bits per heavy atom. The molecule has 0 aliphatic carbocycles. The van der Waals surface area contributed by atoms with E-state index in [4.69, 9.17) is 10.5 Å². The van der Waals surface area contributed by atoms with Gasteiger partial charge in [0.05, 0.1) is 24.6 Å². The quantitative estimate of drug-likeness (QED) is 0.783. The van der Waals surface area contributed by atoms with Crippen LogP contribution in [0.3, 0.4) is 0 Å². The molecule has 1 fully saturated rings. The lowest BCUT2D eigenvalue weighted by molar-refractivity contribution is 0.123. The summed E-state index contributed by atoms with van der Waals surface area (Å²) in [5, 5.41) is 2.63. The lowest BCUT2D eigenvalue weighted by atomic mass is 10.2. The van der Waals surface area contributed by atoms with Gasteiger partial charge in [-0.15, -0.1) is 0 Å². The number of ether oxygens (including phenoxy) is 1. The number of benzene rings is 1. The minimum absolute atomic E-state index is 0.541. The molecule has 0 bridgehead atoms. The Labute approximate surface area is 94.2 Å². The minimum Gasteiger partial charge on any atom is -0.378 e. The lowest BCUT2D eigenvalue weighted by Crippen LogP contribution is -2.37. The van der Waals surface area contributed by atoms with Crippen LogP contribution in [0.15, 0.2) is 24.3 Å². The average molecular weight is 221 g/mol. The van der Waals surface area contributed by atoms with Crippen LogP contribution in [-0.4, -0.2) is 32.3 Å². The molecular weight excluding hydrogens is 206 g/mol. The number of para-hydroxylation sites is 2. The van der Waals surface area contributed by atoms with Crippen molar-refractivity contribution in [3.05, 3.63) is 24.3 Å². The summed E-state index contributed by atoms with van der Waals surface area (Å²) in [5.74, 6) is 0. The smallest absolute Gasteiger partial charge is 0.316 e. The minimum atomic E-state index is -0.541. The van der Waals surface area contributed by atoms with E-state index in [1.807, 2.05) is 24.3 Å². The number of carbonyl (C=O) groups excluding carboxylic acids is 1. The number of urea groups is 1. The fourth-order valence-corrected chi connectivity index (χ4v) is 1.79. The van der Waals surface area contributed by atoms with Crippen LogP contribution in [0.5, 0.6) is 0 Å². The van der Waals surface area contributed by atoms with E-state index in [9.17, 15) is 4.79 Å². The van der Waals surface area contributed by atoms with E-state index in [1.165, 1.54) is 0 Å². The number of nitrogens with one attached hydrogen (secondary N) is 1. The molecule has 1 aliphatic rings. The number of carbonyl (C=O) groups is 1. The van der Waals surface area contributed by atoms with Gasteiger partial charge in [-0.1, -0.05) is 12.1 Å². The van der Waals surface area contributed by atoms with Gasteiger partial charge in [0.25, 0.3) is 0 Å². The molecule has 16 heavy (non-hydrogen) atoms. The predicted octanol–water partition coefficient (Wildman–Crippen LogP) is 1.01. The van der Waals surface area contributed by atoms with Gasteiger partial charge in [-0.25, -0.2) is 4.79 Å². The number of primary amides is 1. The van der Waals surface area contributed by atoms with Crippen LogP contribution in [-0.2, 0) is 4.74 Å². The van der Waals surface area contributed by atoms with Gasteiger partial charge < -0.3 is 20.7 Å². The van der Waals surface area contributed by atoms with E-state index in [-0.39, 0.29) is 0 Å². The number of amides is 2. The van der Waals surface area contributed by atoms with E-state index in [0.717, 1.165) is 24.5 Å². The van der Waals surface area contributed by atoms with Crippen molar-refractivity contribution in [1.82, 2.24) is 0 Å². The first-order valence-corrected chi connectivity index (χ1v) is 5.25. The summed E-state index contributed by atoms with van der Waals surface area (Å²) in [7, 11) is 0. The van der Waals surface area contributed by atoms with Gasteiger partial charge in [-0.05, 0) is 12.1 Å². The van der Waals surface area contributed by atoms with Gasteiger partial charge in [0.15, 0.2) is 0 Å². The molecule has 86 valence electrons.